The molecule has 0 aliphatic rings. The minimum Gasteiger partial charge on any atom is -1.00 e. The molecule has 14 heavy (non-hydrogen) atoms. The normalized spacial score (nSPS) is 6.43. The van der Waals surface area contributed by atoms with Crippen LogP contribution in [0.3, 0.4) is 0 Å². The third-order valence-electron chi connectivity index (χ3n) is 1.06. The molecule has 0 aromatic rings. The Morgan fingerprint density at radius 2 is 0.714 bits per heavy atom. The smallest absolute Gasteiger partial charge is 1.00 e. The predicted molar refractivity (Wildman–Crippen MR) is 60.8 cm³/mol. The molecule has 0 bridgehead atoms. The molecule has 0 amide bonds. The molecule has 0 aliphatic heterocycles. The second-order valence-corrected chi connectivity index (χ2v) is 2.56. The fraction of sp³-hybridized carbons (Fsp3) is 0.750. The maximum Gasteiger partial charge on any atom is 4.00 e. The summed E-state index contributed by atoms with van der Waals surface area (Å²) in [7, 11) is 0. The molecule has 0 unspecified atom stereocenters. The van der Waals surface area contributed by atoms with Gasteiger partial charge in [0.1, 0.15) is 0 Å². The van der Waals surface area contributed by atoms with Crippen molar-refractivity contribution in [1.82, 2.24) is 0 Å². The van der Waals surface area contributed by atoms with Gasteiger partial charge in [-0.15, -0.1) is 0 Å². The quantitative estimate of drug-likeness (QED) is 0.514. The molecule has 0 spiro atoms. The molecule has 0 nitrogen and oxygen atoms in total. The molecule has 0 N–H and O–H groups in total. The average Bonchev–Trinajstić information content (AvgIpc) is 2.18. The summed E-state index contributed by atoms with van der Waals surface area (Å²) < 4.78 is 0. The standard InChI is InChI=1S/3C4H9.ClH.Hf/c3*1-3-4-2;;/h3*1,3-4H2,2H3;1H;/q3*-1;;+4/p-1. The Morgan fingerprint density at radius 1 is 0.643 bits per heavy atom. The zero-order valence-electron chi connectivity index (χ0n) is 10.2. The largest absolute Gasteiger partial charge is 4.00 e. The maximum atomic E-state index is 3.60. The van der Waals surface area contributed by atoms with Crippen LogP contribution >= 0.6 is 0 Å². The molecule has 0 rings (SSSR count). The van der Waals surface area contributed by atoms with Crippen molar-refractivity contribution >= 4 is 0 Å². The van der Waals surface area contributed by atoms with Crippen LogP contribution in [0.1, 0.15) is 59.3 Å². The van der Waals surface area contributed by atoms with Crippen molar-refractivity contribution in [3.63, 3.8) is 0 Å². The summed E-state index contributed by atoms with van der Waals surface area (Å²) >= 11 is 0. The molecule has 0 saturated carbocycles. The third-order valence-corrected chi connectivity index (χ3v) is 1.06. The van der Waals surface area contributed by atoms with E-state index in [1.54, 1.807) is 0 Å². The van der Waals surface area contributed by atoms with Gasteiger partial charge in [-0.1, -0.05) is 40.0 Å². The van der Waals surface area contributed by atoms with Crippen LogP contribution in [0, 0.1) is 20.8 Å². The van der Waals surface area contributed by atoms with Crippen LogP contribution in [-0.2, 0) is 25.8 Å². The molecule has 0 heterocycles. The van der Waals surface area contributed by atoms with Gasteiger partial charge in [-0.2, -0.15) is 19.3 Å². The molecular weight excluding hydrogens is 358 g/mol. The van der Waals surface area contributed by atoms with Crippen LogP contribution in [0.25, 0.3) is 0 Å². The van der Waals surface area contributed by atoms with Crippen molar-refractivity contribution in [1.29, 1.82) is 0 Å². The molecular formula is C12H27ClHf. The Hall–Kier alpha value is 1.16. The summed E-state index contributed by atoms with van der Waals surface area (Å²) in [6.45, 7) is 17.2. The Labute approximate surface area is 118 Å². The van der Waals surface area contributed by atoms with E-state index in [0.29, 0.717) is 0 Å². The van der Waals surface area contributed by atoms with E-state index in [-0.39, 0.29) is 38.3 Å². The van der Waals surface area contributed by atoms with Crippen molar-refractivity contribution in [2.45, 2.75) is 59.3 Å². The Morgan fingerprint density at radius 3 is 0.714 bits per heavy atom. The monoisotopic (exact) mass is 386 g/mol. The number of unbranched alkanes of at least 4 members (excludes halogenated alkanes) is 3. The van der Waals surface area contributed by atoms with Crippen LogP contribution in [-0.4, -0.2) is 0 Å². The van der Waals surface area contributed by atoms with Gasteiger partial charge < -0.3 is 33.2 Å². The van der Waals surface area contributed by atoms with Gasteiger partial charge in [0, 0.05) is 0 Å². The minimum atomic E-state index is 0. The topological polar surface area (TPSA) is 0 Å². The molecule has 2 heteroatoms. The fourth-order valence-corrected chi connectivity index (χ4v) is 0. The van der Waals surface area contributed by atoms with Crippen LogP contribution in [0.4, 0.5) is 0 Å². The molecule has 0 radical (unpaired) electrons. The van der Waals surface area contributed by atoms with E-state index < -0.39 is 0 Å². The van der Waals surface area contributed by atoms with Gasteiger partial charge in [0.2, 0.25) is 0 Å². The third kappa shape index (κ3) is 112. The van der Waals surface area contributed by atoms with Gasteiger partial charge in [0.05, 0.1) is 0 Å². The summed E-state index contributed by atoms with van der Waals surface area (Å²) in [5.74, 6) is 0. The summed E-state index contributed by atoms with van der Waals surface area (Å²) in [6.07, 6.45) is 6.83. The Balaban J connectivity index is -0.0000000270. The zero-order chi connectivity index (χ0) is 10.2. The average molecular weight is 385 g/mol. The van der Waals surface area contributed by atoms with Crippen molar-refractivity contribution < 1.29 is 38.3 Å². The molecule has 0 aromatic carbocycles. The Kier molecular flexibility index (Phi) is 101. The van der Waals surface area contributed by atoms with E-state index >= 15 is 0 Å². The van der Waals surface area contributed by atoms with Crippen molar-refractivity contribution in [3.8, 4) is 0 Å². The first-order valence-electron chi connectivity index (χ1n) is 5.12. The number of halogens is 1. The molecule has 0 aliphatic carbocycles. The minimum absolute atomic E-state index is 0. The van der Waals surface area contributed by atoms with E-state index in [4.69, 9.17) is 0 Å². The SMILES string of the molecule is [CH2-]CCC.[CH2-]CCC.[CH2-]CCC.[Cl-].[Hf+4]. The summed E-state index contributed by atoms with van der Waals surface area (Å²) in [6, 6.07) is 0. The second kappa shape index (κ2) is 47.8. The van der Waals surface area contributed by atoms with Gasteiger partial charge in [0.15, 0.2) is 0 Å². The molecule has 0 aromatic heterocycles. The predicted octanol–water partition coefficient (Wildman–Crippen LogP) is 1.86. The molecule has 0 atom stereocenters. The number of rotatable bonds is 3. The maximum absolute atomic E-state index is 3.60. The van der Waals surface area contributed by atoms with Crippen LogP contribution in [0.2, 0.25) is 0 Å². The first kappa shape index (κ1) is 29.4. The van der Waals surface area contributed by atoms with Gasteiger partial charge >= 0.3 is 25.8 Å². The zero-order valence-corrected chi connectivity index (χ0v) is 14.6. The summed E-state index contributed by atoms with van der Waals surface area (Å²) in [4.78, 5) is 0. The summed E-state index contributed by atoms with van der Waals surface area (Å²) in [5.41, 5.74) is 0. The summed E-state index contributed by atoms with van der Waals surface area (Å²) in [5, 5.41) is 0. The van der Waals surface area contributed by atoms with Crippen LogP contribution in [0.5, 0.6) is 0 Å². The van der Waals surface area contributed by atoms with Crippen LogP contribution < -0.4 is 12.4 Å². The first-order chi connectivity index (χ1) is 5.74. The van der Waals surface area contributed by atoms with E-state index in [1.165, 1.54) is 19.3 Å². The van der Waals surface area contributed by atoms with E-state index in [2.05, 4.69) is 41.5 Å². The van der Waals surface area contributed by atoms with Crippen molar-refractivity contribution in [2.75, 3.05) is 0 Å². The van der Waals surface area contributed by atoms with Gasteiger partial charge in [-0.3, -0.25) is 0 Å². The van der Waals surface area contributed by atoms with Gasteiger partial charge in [-0.25, -0.2) is 0 Å². The van der Waals surface area contributed by atoms with Gasteiger partial charge in [-0.05, 0) is 0 Å². The van der Waals surface area contributed by atoms with E-state index in [9.17, 15) is 0 Å². The number of hydrogen-bond donors (Lipinski definition) is 0. The molecule has 0 saturated heterocycles. The number of hydrogen-bond acceptors (Lipinski definition) is 0. The van der Waals surface area contributed by atoms with E-state index in [1.807, 2.05) is 0 Å². The van der Waals surface area contributed by atoms with Crippen LogP contribution in [0.15, 0.2) is 0 Å². The van der Waals surface area contributed by atoms with Crippen molar-refractivity contribution in [2.24, 2.45) is 0 Å². The first-order valence-corrected chi connectivity index (χ1v) is 5.12. The molecule has 86 valence electrons. The second-order valence-electron chi connectivity index (χ2n) is 2.56. The molecule has 0 fully saturated rings. The van der Waals surface area contributed by atoms with Gasteiger partial charge in [0.25, 0.3) is 0 Å². The fourth-order valence-electron chi connectivity index (χ4n) is 0. The van der Waals surface area contributed by atoms with E-state index in [0.717, 1.165) is 19.3 Å². The Bertz CT molecular complexity index is 25.8. The van der Waals surface area contributed by atoms with Crippen molar-refractivity contribution in [3.05, 3.63) is 20.8 Å².